The number of anilines is 2. The van der Waals surface area contributed by atoms with Crippen molar-refractivity contribution in [3.63, 3.8) is 0 Å². The van der Waals surface area contributed by atoms with Gasteiger partial charge in [-0.2, -0.15) is 5.10 Å². The van der Waals surface area contributed by atoms with Gasteiger partial charge in [0.15, 0.2) is 0 Å². The summed E-state index contributed by atoms with van der Waals surface area (Å²) >= 11 is 0. The molecule has 0 spiro atoms. The Morgan fingerprint density at radius 2 is 2.07 bits per heavy atom. The van der Waals surface area contributed by atoms with Crippen molar-refractivity contribution < 1.29 is 18.7 Å². The molecule has 0 aliphatic carbocycles. The molecule has 1 amide bonds. The second-order valence-corrected chi connectivity index (χ2v) is 6.42. The second kappa shape index (κ2) is 8.70. The van der Waals surface area contributed by atoms with E-state index < -0.39 is 5.82 Å². The molecule has 3 aromatic rings. The van der Waals surface area contributed by atoms with Crippen molar-refractivity contribution in [2.24, 2.45) is 7.05 Å². The Morgan fingerprint density at radius 3 is 2.72 bits per heavy atom. The quantitative estimate of drug-likeness (QED) is 0.633. The number of hydrogen-bond acceptors (Lipinski definition) is 6. The molecule has 3 N–H and O–H groups in total. The molecule has 8 nitrogen and oxygen atoms in total. The van der Waals surface area contributed by atoms with E-state index in [1.54, 1.807) is 32.4 Å². The van der Waals surface area contributed by atoms with Crippen molar-refractivity contribution in [3.05, 3.63) is 54.1 Å². The van der Waals surface area contributed by atoms with Gasteiger partial charge in [0, 0.05) is 31.5 Å². The number of carbonyl (C=O) groups is 1. The van der Waals surface area contributed by atoms with Gasteiger partial charge < -0.3 is 20.5 Å². The second-order valence-electron chi connectivity index (χ2n) is 6.42. The summed E-state index contributed by atoms with van der Waals surface area (Å²) in [5.41, 5.74) is 7.42. The number of halogens is 1. The van der Waals surface area contributed by atoms with E-state index >= 15 is 0 Å². The molecule has 3 rings (SSSR count). The maximum atomic E-state index is 13.9. The Hall–Kier alpha value is -3.46. The fourth-order valence-corrected chi connectivity index (χ4v) is 2.66. The van der Waals surface area contributed by atoms with Gasteiger partial charge in [-0.3, -0.25) is 9.48 Å². The van der Waals surface area contributed by atoms with E-state index in [2.05, 4.69) is 15.4 Å². The fraction of sp³-hybridized carbons (Fsp3) is 0.250. The molecule has 1 unspecified atom stereocenters. The number of nitrogens with two attached hydrogens (primary N) is 1. The molecular formula is C20H22FN5O3. The summed E-state index contributed by atoms with van der Waals surface area (Å²) in [6.07, 6.45) is 1.39. The number of nitrogens with zero attached hydrogens (tertiary/aromatic N) is 3. The number of benzene rings is 1. The molecule has 2 heterocycles. The third-order valence-electron chi connectivity index (χ3n) is 4.33. The summed E-state index contributed by atoms with van der Waals surface area (Å²) in [6, 6.07) is 9.00. The number of methoxy groups -OCH3 is 1. The van der Waals surface area contributed by atoms with Crippen molar-refractivity contribution in [2.75, 3.05) is 24.8 Å². The van der Waals surface area contributed by atoms with Crippen LogP contribution in [0.1, 0.15) is 17.4 Å². The number of amides is 1. The molecule has 2 aromatic heterocycles. The first-order valence-electron chi connectivity index (χ1n) is 8.90. The SMILES string of the molecule is COC(C)COc1ccc(F)cc1-c1ccc(NC(=O)c2ccnn2C)nc1N. The molecule has 152 valence electrons. The van der Waals surface area contributed by atoms with Crippen LogP contribution in [-0.2, 0) is 11.8 Å². The summed E-state index contributed by atoms with van der Waals surface area (Å²) in [4.78, 5) is 16.5. The van der Waals surface area contributed by atoms with Crippen LogP contribution >= 0.6 is 0 Å². The molecule has 1 atom stereocenters. The Morgan fingerprint density at radius 1 is 1.28 bits per heavy atom. The minimum atomic E-state index is -0.430. The van der Waals surface area contributed by atoms with Crippen molar-refractivity contribution in [1.29, 1.82) is 0 Å². The van der Waals surface area contributed by atoms with Crippen molar-refractivity contribution in [1.82, 2.24) is 14.8 Å². The first kappa shape index (κ1) is 20.3. The van der Waals surface area contributed by atoms with Crippen LogP contribution in [0.15, 0.2) is 42.6 Å². The molecule has 0 saturated carbocycles. The third kappa shape index (κ3) is 4.69. The van der Waals surface area contributed by atoms with Crippen LogP contribution in [0.3, 0.4) is 0 Å². The molecule has 0 radical (unpaired) electrons. The zero-order chi connectivity index (χ0) is 21.0. The van der Waals surface area contributed by atoms with Gasteiger partial charge >= 0.3 is 0 Å². The standard InChI is InChI=1S/C20H22FN5O3/c1-12(28-3)11-29-17-6-4-13(21)10-15(17)14-5-7-18(24-19(14)22)25-20(27)16-8-9-23-26(16)2/h4-10,12H,11H2,1-3H3,(H3,22,24,25,27). The van der Waals surface area contributed by atoms with Crippen molar-refractivity contribution >= 4 is 17.5 Å². The highest BCUT2D eigenvalue weighted by Crippen LogP contribution is 2.34. The minimum absolute atomic E-state index is 0.128. The van der Waals surface area contributed by atoms with Crippen LogP contribution in [-0.4, -0.2) is 40.5 Å². The van der Waals surface area contributed by atoms with E-state index in [-0.39, 0.29) is 23.6 Å². The highest BCUT2D eigenvalue weighted by Gasteiger charge is 2.15. The van der Waals surface area contributed by atoms with E-state index in [4.69, 9.17) is 15.2 Å². The molecule has 1 aromatic carbocycles. The molecule has 0 bridgehead atoms. The topological polar surface area (TPSA) is 104 Å². The number of nitrogens with one attached hydrogen (secondary N) is 1. The maximum Gasteiger partial charge on any atom is 0.275 e. The van der Waals surface area contributed by atoms with Crippen molar-refractivity contribution in [3.8, 4) is 16.9 Å². The van der Waals surface area contributed by atoms with E-state index in [0.717, 1.165) is 0 Å². The van der Waals surface area contributed by atoms with Gasteiger partial charge in [0.2, 0.25) is 0 Å². The molecular weight excluding hydrogens is 377 g/mol. The number of nitrogen functional groups attached to an aromatic ring is 1. The maximum absolute atomic E-state index is 13.9. The number of pyridine rings is 1. The van der Waals surface area contributed by atoms with Crippen LogP contribution in [0.2, 0.25) is 0 Å². The minimum Gasteiger partial charge on any atom is -0.490 e. The third-order valence-corrected chi connectivity index (χ3v) is 4.33. The number of rotatable bonds is 7. The normalized spacial score (nSPS) is 11.9. The molecule has 29 heavy (non-hydrogen) atoms. The number of carbonyl (C=O) groups excluding carboxylic acids is 1. The molecule has 9 heteroatoms. The van der Waals surface area contributed by atoms with Gasteiger partial charge in [0.25, 0.3) is 5.91 Å². The lowest BCUT2D eigenvalue weighted by molar-refractivity contribution is 0.0718. The summed E-state index contributed by atoms with van der Waals surface area (Å²) in [5, 5.41) is 6.62. The number of hydrogen-bond donors (Lipinski definition) is 2. The van der Waals surface area contributed by atoms with Gasteiger partial charge in [0.1, 0.15) is 35.5 Å². The monoisotopic (exact) mass is 399 g/mol. The van der Waals surface area contributed by atoms with Crippen LogP contribution in [0, 0.1) is 5.82 Å². The lowest BCUT2D eigenvalue weighted by atomic mass is 10.1. The summed E-state index contributed by atoms with van der Waals surface area (Å²) in [6.45, 7) is 2.15. The van der Waals surface area contributed by atoms with Gasteiger partial charge in [-0.25, -0.2) is 9.37 Å². The molecule has 0 aliphatic heterocycles. The average Bonchev–Trinajstić information content (AvgIpc) is 3.13. The molecule has 0 fully saturated rings. The van der Waals surface area contributed by atoms with E-state index in [0.29, 0.717) is 29.2 Å². The summed E-state index contributed by atoms with van der Waals surface area (Å²) in [5.74, 6) is 0.0518. The van der Waals surface area contributed by atoms with Crippen LogP contribution < -0.4 is 15.8 Å². The highest BCUT2D eigenvalue weighted by molar-refractivity contribution is 6.02. The van der Waals surface area contributed by atoms with Crippen LogP contribution in [0.4, 0.5) is 16.0 Å². The number of aromatic nitrogens is 3. The zero-order valence-electron chi connectivity index (χ0n) is 16.3. The summed E-state index contributed by atoms with van der Waals surface area (Å²) < 4.78 is 26.2. The van der Waals surface area contributed by atoms with E-state index in [1.165, 1.54) is 29.1 Å². The number of ether oxygens (including phenoxy) is 2. The Labute approximate surface area is 167 Å². The smallest absolute Gasteiger partial charge is 0.275 e. The lowest BCUT2D eigenvalue weighted by Gasteiger charge is -2.16. The molecule has 0 saturated heterocycles. The van der Waals surface area contributed by atoms with Gasteiger partial charge in [0.05, 0.1) is 6.10 Å². The van der Waals surface area contributed by atoms with Gasteiger partial charge in [-0.15, -0.1) is 0 Å². The van der Waals surface area contributed by atoms with Crippen molar-refractivity contribution in [2.45, 2.75) is 13.0 Å². The predicted molar refractivity (Wildman–Crippen MR) is 107 cm³/mol. The first-order chi connectivity index (χ1) is 13.9. The largest absolute Gasteiger partial charge is 0.490 e. The predicted octanol–water partition coefficient (Wildman–Crippen LogP) is 2.87. The van der Waals surface area contributed by atoms with Gasteiger partial charge in [-0.1, -0.05) is 0 Å². The lowest BCUT2D eigenvalue weighted by Crippen LogP contribution is -2.17. The molecule has 0 aliphatic rings. The zero-order valence-corrected chi connectivity index (χ0v) is 16.3. The Bertz CT molecular complexity index is 1020. The van der Waals surface area contributed by atoms with E-state index in [9.17, 15) is 9.18 Å². The van der Waals surface area contributed by atoms with E-state index in [1.807, 2.05) is 6.92 Å². The highest BCUT2D eigenvalue weighted by atomic mass is 19.1. The Kier molecular flexibility index (Phi) is 6.08. The Balaban J connectivity index is 1.86. The fourth-order valence-electron chi connectivity index (χ4n) is 2.66. The average molecular weight is 399 g/mol. The van der Waals surface area contributed by atoms with Crippen LogP contribution in [0.25, 0.3) is 11.1 Å². The first-order valence-corrected chi connectivity index (χ1v) is 8.90. The van der Waals surface area contributed by atoms with Crippen LogP contribution in [0.5, 0.6) is 5.75 Å². The van der Waals surface area contributed by atoms with Gasteiger partial charge in [-0.05, 0) is 43.3 Å². The number of aryl methyl sites for hydroxylation is 1. The summed E-state index contributed by atoms with van der Waals surface area (Å²) in [7, 11) is 3.25.